The summed E-state index contributed by atoms with van der Waals surface area (Å²) in [7, 11) is 0. The number of amides is 1. The largest absolute Gasteiger partial charge is 0.355 e. The summed E-state index contributed by atoms with van der Waals surface area (Å²) in [5.74, 6) is 5.56. The molecule has 0 atom stereocenters. The van der Waals surface area contributed by atoms with Crippen LogP contribution in [0.15, 0.2) is 4.99 Å². The number of aliphatic imine (C=N–C) groups is 1. The Morgan fingerprint density at radius 2 is 2.00 bits per heavy atom. The minimum absolute atomic E-state index is 0.0630. The molecule has 0 spiro atoms. The minimum atomic E-state index is -0.236. The number of nitrogens with two attached hydrogens (primary N) is 1. The van der Waals surface area contributed by atoms with E-state index in [1.807, 2.05) is 27.7 Å². The molecule has 0 unspecified atom stereocenters. The predicted octanol–water partition coefficient (Wildman–Crippen LogP) is -0.280. The van der Waals surface area contributed by atoms with Crippen molar-refractivity contribution in [2.45, 2.75) is 39.7 Å². The van der Waals surface area contributed by atoms with Crippen LogP contribution in [0.3, 0.4) is 0 Å². The van der Waals surface area contributed by atoms with Gasteiger partial charge < -0.3 is 10.6 Å². The van der Waals surface area contributed by atoms with E-state index in [2.05, 4.69) is 21.1 Å². The van der Waals surface area contributed by atoms with E-state index in [0.29, 0.717) is 5.96 Å². The van der Waals surface area contributed by atoms with E-state index < -0.39 is 0 Å². The third-order valence-corrected chi connectivity index (χ3v) is 1.57. The van der Waals surface area contributed by atoms with Gasteiger partial charge in [0.1, 0.15) is 6.54 Å². The molecule has 6 heteroatoms. The molecule has 0 aliphatic rings. The van der Waals surface area contributed by atoms with E-state index in [9.17, 15) is 4.79 Å². The maximum atomic E-state index is 11.4. The average Bonchev–Trinajstić information content (AvgIpc) is 2.15. The van der Waals surface area contributed by atoms with Crippen molar-refractivity contribution < 1.29 is 4.79 Å². The van der Waals surface area contributed by atoms with E-state index in [0.717, 1.165) is 13.0 Å². The number of carbonyl (C=O) groups is 1. The normalized spacial score (nSPS) is 12.2. The Morgan fingerprint density at radius 3 is 2.44 bits per heavy atom. The van der Waals surface area contributed by atoms with Crippen molar-refractivity contribution >= 4 is 11.9 Å². The van der Waals surface area contributed by atoms with Crippen molar-refractivity contribution in [3.8, 4) is 0 Å². The number of nitrogens with one attached hydrogen (secondary N) is 3. The topological polar surface area (TPSA) is 91.5 Å². The molecule has 0 saturated heterocycles. The lowest BCUT2D eigenvalue weighted by Gasteiger charge is -2.19. The summed E-state index contributed by atoms with van der Waals surface area (Å²) in [5.41, 5.74) is 2.18. The quantitative estimate of drug-likeness (QED) is 0.231. The molecule has 0 saturated carbocycles. The Labute approximate surface area is 97.0 Å². The zero-order valence-corrected chi connectivity index (χ0v) is 10.6. The second kappa shape index (κ2) is 7.05. The average molecular weight is 229 g/mol. The van der Waals surface area contributed by atoms with Crippen molar-refractivity contribution in [3.63, 3.8) is 0 Å². The molecule has 94 valence electrons. The molecule has 1 amide bonds. The van der Waals surface area contributed by atoms with Gasteiger partial charge in [-0.1, -0.05) is 6.92 Å². The first kappa shape index (κ1) is 14.7. The van der Waals surface area contributed by atoms with E-state index in [1.165, 1.54) is 0 Å². The standard InChI is InChI=1S/C10H23N5O/c1-5-6-12-9(15-11)13-7-8(16)14-10(2,3)4/h5-7,11H2,1-4H3,(H,14,16)(H2,12,13,15). The van der Waals surface area contributed by atoms with E-state index in [4.69, 9.17) is 5.84 Å². The van der Waals surface area contributed by atoms with Gasteiger partial charge in [-0.15, -0.1) is 0 Å². The second-order valence-electron chi connectivity index (χ2n) is 4.53. The molecule has 16 heavy (non-hydrogen) atoms. The van der Waals surface area contributed by atoms with Crippen LogP contribution >= 0.6 is 0 Å². The van der Waals surface area contributed by atoms with Crippen LogP contribution in [0.25, 0.3) is 0 Å². The van der Waals surface area contributed by atoms with Gasteiger partial charge in [0.15, 0.2) is 0 Å². The molecule has 0 aromatic rings. The number of hydrazine groups is 1. The van der Waals surface area contributed by atoms with Gasteiger partial charge in [0.05, 0.1) is 0 Å². The lowest BCUT2D eigenvalue weighted by Crippen LogP contribution is -2.44. The SMILES string of the molecule is CCCNC(=NCC(=O)NC(C)(C)C)NN. The fourth-order valence-electron chi connectivity index (χ4n) is 1.00. The molecule has 5 N–H and O–H groups in total. The summed E-state index contributed by atoms with van der Waals surface area (Å²) in [5, 5.41) is 5.78. The fraction of sp³-hybridized carbons (Fsp3) is 0.800. The molecule has 0 bridgehead atoms. The molecule has 0 aliphatic heterocycles. The molecule has 0 radical (unpaired) electrons. The summed E-state index contributed by atoms with van der Waals surface area (Å²) in [6, 6.07) is 0. The van der Waals surface area contributed by atoms with Gasteiger partial charge in [0.25, 0.3) is 0 Å². The van der Waals surface area contributed by atoms with Crippen molar-refractivity contribution in [3.05, 3.63) is 0 Å². The Hall–Kier alpha value is -1.30. The van der Waals surface area contributed by atoms with Crippen molar-refractivity contribution in [1.82, 2.24) is 16.1 Å². The van der Waals surface area contributed by atoms with E-state index >= 15 is 0 Å². The van der Waals surface area contributed by atoms with Gasteiger partial charge >= 0.3 is 0 Å². The number of hydrogen-bond acceptors (Lipinski definition) is 3. The number of guanidine groups is 1. The monoisotopic (exact) mass is 229 g/mol. The maximum Gasteiger partial charge on any atom is 0.242 e. The Morgan fingerprint density at radius 1 is 1.38 bits per heavy atom. The van der Waals surface area contributed by atoms with Crippen LogP contribution in [0.4, 0.5) is 0 Å². The first-order chi connectivity index (χ1) is 7.39. The summed E-state index contributed by atoms with van der Waals surface area (Å²) in [6.07, 6.45) is 0.967. The van der Waals surface area contributed by atoms with Gasteiger partial charge in [0, 0.05) is 12.1 Å². The van der Waals surface area contributed by atoms with Crippen molar-refractivity contribution in [2.75, 3.05) is 13.1 Å². The maximum absolute atomic E-state index is 11.4. The molecule has 0 rings (SSSR count). The van der Waals surface area contributed by atoms with Crippen LogP contribution in [-0.4, -0.2) is 30.5 Å². The number of rotatable bonds is 4. The summed E-state index contributed by atoms with van der Waals surface area (Å²) >= 11 is 0. The van der Waals surface area contributed by atoms with Crippen molar-refractivity contribution in [2.24, 2.45) is 10.8 Å². The zero-order valence-electron chi connectivity index (χ0n) is 10.6. The van der Waals surface area contributed by atoms with Crippen LogP contribution in [0.2, 0.25) is 0 Å². The zero-order chi connectivity index (χ0) is 12.6. The smallest absolute Gasteiger partial charge is 0.242 e. The molecule has 6 nitrogen and oxygen atoms in total. The highest BCUT2D eigenvalue weighted by atomic mass is 16.2. The van der Waals surface area contributed by atoms with E-state index in [-0.39, 0.29) is 18.0 Å². The molecule has 0 heterocycles. The number of carbonyl (C=O) groups excluding carboxylic acids is 1. The lowest BCUT2D eigenvalue weighted by molar-refractivity contribution is -0.121. The van der Waals surface area contributed by atoms with Gasteiger partial charge in [-0.25, -0.2) is 10.8 Å². The Kier molecular flexibility index (Phi) is 6.48. The van der Waals surface area contributed by atoms with Gasteiger partial charge in [-0.3, -0.25) is 10.2 Å². The Balaban J connectivity index is 4.07. The first-order valence-electron chi connectivity index (χ1n) is 5.45. The summed E-state index contributed by atoms with van der Waals surface area (Å²) < 4.78 is 0. The molecule has 0 fully saturated rings. The summed E-state index contributed by atoms with van der Waals surface area (Å²) in [6.45, 7) is 8.63. The van der Waals surface area contributed by atoms with Gasteiger partial charge in [-0.2, -0.15) is 0 Å². The van der Waals surface area contributed by atoms with Crippen LogP contribution in [-0.2, 0) is 4.79 Å². The lowest BCUT2D eigenvalue weighted by atomic mass is 10.1. The highest BCUT2D eigenvalue weighted by Gasteiger charge is 2.12. The molecule has 0 aliphatic carbocycles. The number of hydrogen-bond donors (Lipinski definition) is 4. The molecule has 0 aromatic carbocycles. The van der Waals surface area contributed by atoms with Crippen LogP contribution in [0, 0.1) is 0 Å². The summed E-state index contributed by atoms with van der Waals surface area (Å²) in [4.78, 5) is 15.5. The molecular weight excluding hydrogens is 206 g/mol. The van der Waals surface area contributed by atoms with Crippen LogP contribution < -0.4 is 21.9 Å². The highest BCUT2D eigenvalue weighted by molar-refractivity contribution is 5.84. The molecule has 0 aromatic heterocycles. The van der Waals surface area contributed by atoms with Gasteiger partial charge in [0.2, 0.25) is 11.9 Å². The van der Waals surface area contributed by atoms with Crippen molar-refractivity contribution in [1.29, 1.82) is 0 Å². The second-order valence-corrected chi connectivity index (χ2v) is 4.53. The number of nitrogens with zero attached hydrogens (tertiary/aromatic N) is 1. The third kappa shape index (κ3) is 8.05. The van der Waals surface area contributed by atoms with Gasteiger partial charge in [-0.05, 0) is 27.2 Å². The third-order valence-electron chi connectivity index (χ3n) is 1.57. The fourth-order valence-corrected chi connectivity index (χ4v) is 1.00. The van der Waals surface area contributed by atoms with Crippen LogP contribution in [0.5, 0.6) is 0 Å². The highest BCUT2D eigenvalue weighted by Crippen LogP contribution is 1.97. The first-order valence-corrected chi connectivity index (χ1v) is 5.45. The molecular formula is C10H23N5O. The van der Waals surface area contributed by atoms with Crippen LogP contribution in [0.1, 0.15) is 34.1 Å². The van der Waals surface area contributed by atoms with E-state index in [1.54, 1.807) is 0 Å². The minimum Gasteiger partial charge on any atom is -0.355 e. The Bertz CT molecular complexity index is 244. The predicted molar refractivity (Wildman–Crippen MR) is 65.8 cm³/mol.